The fourth-order valence-corrected chi connectivity index (χ4v) is 4.43. The largest absolute Gasteiger partial charge is 0.468 e. The lowest BCUT2D eigenvalue weighted by molar-refractivity contribution is 0.00803. The van der Waals surface area contributed by atoms with Crippen LogP contribution in [0, 0.1) is 11.6 Å². The fourth-order valence-electron chi connectivity index (χ4n) is 4.20. The number of hydrogen-bond donors (Lipinski definition) is 2. The van der Waals surface area contributed by atoms with Crippen molar-refractivity contribution < 1.29 is 32.8 Å². The second-order valence-corrected chi connectivity index (χ2v) is 8.49. The van der Waals surface area contributed by atoms with Gasteiger partial charge in [0.25, 0.3) is 0 Å². The van der Waals surface area contributed by atoms with E-state index in [1.165, 1.54) is 0 Å². The number of nitrogens with zero attached hydrogens (tertiary/aromatic N) is 3. The fraction of sp³-hybridized carbons (Fsp3) is 0.261. The van der Waals surface area contributed by atoms with Gasteiger partial charge in [-0.05, 0) is 18.2 Å². The summed E-state index contributed by atoms with van der Waals surface area (Å²) in [6.45, 7) is 0.281. The van der Waals surface area contributed by atoms with Crippen molar-refractivity contribution in [2.45, 2.75) is 24.4 Å². The zero-order valence-electron chi connectivity index (χ0n) is 17.8. The van der Waals surface area contributed by atoms with E-state index >= 15 is 0 Å². The number of H-pyrrole nitrogens is 1. The summed E-state index contributed by atoms with van der Waals surface area (Å²) < 4.78 is 50.5. The molecular weight excluding hydrogens is 486 g/mol. The van der Waals surface area contributed by atoms with E-state index in [-0.39, 0.29) is 36.5 Å². The van der Waals surface area contributed by atoms with Gasteiger partial charge in [0.05, 0.1) is 18.2 Å². The Morgan fingerprint density at radius 3 is 2.71 bits per heavy atom. The minimum absolute atomic E-state index is 0.0652. The van der Waals surface area contributed by atoms with Crippen molar-refractivity contribution in [2.24, 2.45) is 0 Å². The highest BCUT2D eigenvalue weighted by molar-refractivity contribution is 6.33. The maximum atomic E-state index is 14.2. The Labute approximate surface area is 201 Å². The number of aromatic amines is 1. The topological polar surface area (TPSA) is 112 Å². The molecule has 12 heteroatoms. The zero-order chi connectivity index (χ0) is 24.1. The van der Waals surface area contributed by atoms with Crippen LogP contribution in [0.5, 0.6) is 17.6 Å². The van der Waals surface area contributed by atoms with Gasteiger partial charge in [0, 0.05) is 11.6 Å². The highest BCUT2D eigenvalue weighted by Crippen LogP contribution is 2.39. The summed E-state index contributed by atoms with van der Waals surface area (Å²) in [4.78, 5) is 8.64. The molecule has 35 heavy (non-hydrogen) atoms. The molecule has 4 atom stereocenters. The lowest BCUT2D eigenvalue weighted by Gasteiger charge is -2.18. The Morgan fingerprint density at radius 2 is 1.89 bits per heavy atom. The number of aliphatic hydroxyl groups is 1. The zero-order valence-corrected chi connectivity index (χ0v) is 18.6. The Kier molecular flexibility index (Phi) is 5.49. The minimum Gasteiger partial charge on any atom is -0.468 e. The standard InChI is InChI=1S/C23H17ClF2N4O5/c24-12-4-2-1-3-11(12)18-17-21(30-29-18)27-23(35-15-6-5-10(25)7-13(15)26)28-22(17)34-16-9-33-19-14(31)8-32-20(16)19/h1-7,14,16,19-20,31H,8-9H2,(H,27,28,29,30)/t14-,16-,19?,20?/m1/s1. The van der Waals surface area contributed by atoms with Gasteiger partial charge in [-0.2, -0.15) is 15.1 Å². The average molecular weight is 503 g/mol. The van der Waals surface area contributed by atoms with Gasteiger partial charge >= 0.3 is 6.01 Å². The molecule has 0 bridgehead atoms. The molecule has 2 aliphatic rings. The first-order chi connectivity index (χ1) is 17.0. The number of hydrogen-bond acceptors (Lipinski definition) is 8. The molecule has 180 valence electrons. The van der Waals surface area contributed by atoms with Crippen molar-refractivity contribution in [3.8, 4) is 28.9 Å². The van der Waals surface area contributed by atoms with E-state index in [1.807, 2.05) is 0 Å². The van der Waals surface area contributed by atoms with Gasteiger partial charge in [0.15, 0.2) is 23.3 Å². The molecule has 9 nitrogen and oxygen atoms in total. The number of ether oxygens (including phenoxy) is 4. The van der Waals surface area contributed by atoms with Gasteiger partial charge in [0.2, 0.25) is 5.88 Å². The number of fused-ring (bicyclic) bond motifs is 2. The van der Waals surface area contributed by atoms with Gasteiger partial charge < -0.3 is 24.1 Å². The Bertz CT molecular complexity index is 1420. The molecule has 0 aliphatic carbocycles. The van der Waals surface area contributed by atoms with Crippen LogP contribution in [0.2, 0.25) is 5.02 Å². The molecule has 4 aromatic rings. The summed E-state index contributed by atoms with van der Waals surface area (Å²) in [5.74, 6) is -1.87. The average Bonchev–Trinajstić information content (AvgIpc) is 3.53. The van der Waals surface area contributed by atoms with Crippen LogP contribution in [0.4, 0.5) is 8.78 Å². The molecular formula is C23H17ClF2N4O5. The van der Waals surface area contributed by atoms with Gasteiger partial charge in [0.1, 0.15) is 35.2 Å². The first kappa shape index (κ1) is 22.1. The minimum atomic E-state index is -0.919. The van der Waals surface area contributed by atoms with Crippen LogP contribution in [-0.2, 0) is 9.47 Å². The van der Waals surface area contributed by atoms with Gasteiger partial charge in [-0.3, -0.25) is 5.10 Å². The lowest BCUT2D eigenvalue weighted by atomic mass is 10.1. The third kappa shape index (κ3) is 3.96. The quantitative estimate of drug-likeness (QED) is 0.425. The molecule has 2 N–H and O–H groups in total. The van der Waals surface area contributed by atoms with Crippen molar-refractivity contribution in [1.29, 1.82) is 0 Å². The summed E-state index contributed by atoms with van der Waals surface area (Å²) >= 11 is 6.40. The van der Waals surface area contributed by atoms with Crippen molar-refractivity contribution in [2.75, 3.05) is 13.2 Å². The molecule has 2 unspecified atom stereocenters. The SMILES string of the molecule is O[C@@H]1COC2C1OC[C@H]2Oc1nc(Oc2ccc(F)cc2F)nc2[nH]nc(-c3ccccc3Cl)c12. The predicted molar refractivity (Wildman–Crippen MR) is 118 cm³/mol. The van der Waals surface area contributed by atoms with Crippen LogP contribution in [0.15, 0.2) is 42.5 Å². The second-order valence-electron chi connectivity index (χ2n) is 8.08. The van der Waals surface area contributed by atoms with E-state index < -0.39 is 36.1 Å². The van der Waals surface area contributed by atoms with E-state index in [4.69, 9.17) is 30.5 Å². The molecule has 2 saturated heterocycles. The molecule has 0 saturated carbocycles. The Morgan fingerprint density at radius 1 is 1.06 bits per heavy atom. The van der Waals surface area contributed by atoms with Crippen LogP contribution in [0.25, 0.3) is 22.3 Å². The highest BCUT2D eigenvalue weighted by atomic mass is 35.5. The molecule has 2 aromatic carbocycles. The Balaban J connectivity index is 1.44. The molecule has 0 amide bonds. The summed E-state index contributed by atoms with van der Waals surface area (Å²) in [5.41, 5.74) is 1.29. The monoisotopic (exact) mass is 502 g/mol. The summed E-state index contributed by atoms with van der Waals surface area (Å²) in [7, 11) is 0. The predicted octanol–water partition coefficient (Wildman–Crippen LogP) is 3.65. The van der Waals surface area contributed by atoms with Crippen molar-refractivity contribution in [3.05, 3.63) is 59.1 Å². The molecule has 0 spiro atoms. The van der Waals surface area contributed by atoms with E-state index in [2.05, 4.69) is 20.2 Å². The van der Waals surface area contributed by atoms with Crippen LogP contribution in [-0.4, -0.2) is 62.9 Å². The first-order valence-corrected chi connectivity index (χ1v) is 11.1. The smallest absolute Gasteiger partial charge is 0.327 e. The van der Waals surface area contributed by atoms with Crippen molar-refractivity contribution >= 4 is 22.6 Å². The highest BCUT2D eigenvalue weighted by Gasteiger charge is 2.48. The molecule has 6 rings (SSSR count). The molecule has 2 aromatic heterocycles. The molecule has 4 heterocycles. The lowest BCUT2D eigenvalue weighted by Crippen LogP contribution is -2.34. The first-order valence-electron chi connectivity index (χ1n) is 10.7. The van der Waals surface area contributed by atoms with E-state index in [9.17, 15) is 13.9 Å². The van der Waals surface area contributed by atoms with Gasteiger partial charge in [-0.1, -0.05) is 29.8 Å². The van der Waals surface area contributed by atoms with E-state index in [1.54, 1.807) is 24.3 Å². The maximum absolute atomic E-state index is 14.2. The number of rotatable bonds is 5. The summed E-state index contributed by atoms with van der Waals surface area (Å²) in [6, 6.07) is 9.72. The van der Waals surface area contributed by atoms with Crippen LogP contribution in [0.3, 0.4) is 0 Å². The van der Waals surface area contributed by atoms with Gasteiger partial charge in [-0.15, -0.1) is 0 Å². The van der Waals surface area contributed by atoms with Crippen molar-refractivity contribution in [3.63, 3.8) is 0 Å². The van der Waals surface area contributed by atoms with E-state index in [0.717, 1.165) is 12.1 Å². The van der Waals surface area contributed by atoms with Crippen molar-refractivity contribution in [1.82, 2.24) is 20.2 Å². The second kappa shape index (κ2) is 8.68. The normalized spacial score (nSPS) is 23.5. The third-order valence-electron chi connectivity index (χ3n) is 5.83. The number of aliphatic hydroxyl groups excluding tert-OH is 1. The van der Waals surface area contributed by atoms with E-state index in [0.29, 0.717) is 27.7 Å². The van der Waals surface area contributed by atoms with Crippen LogP contribution < -0.4 is 9.47 Å². The molecule has 2 aliphatic heterocycles. The number of nitrogens with one attached hydrogen (secondary N) is 1. The summed E-state index contributed by atoms with van der Waals surface area (Å²) in [6.07, 6.45) is -2.38. The molecule has 0 radical (unpaired) electrons. The summed E-state index contributed by atoms with van der Waals surface area (Å²) in [5, 5.41) is 18.1. The van der Waals surface area contributed by atoms with Crippen LogP contribution >= 0.6 is 11.6 Å². The number of aromatic nitrogens is 4. The van der Waals surface area contributed by atoms with Crippen LogP contribution in [0.1, 0.15) is 0 Å². The number of benzene rings is 2. The van der Waals surface area contributed by atoms with Gasteiger partial charge in [-0.25, -0.2) is 8.78 Å². The number of halogens is 3. The maximum Gasteiger partial charge on any atom is 0.327 e. The molecule has 2 fully saturated rings. The third-order valence-corrected chi connectivity index (χ3v) is 6.16. The Hall–Kier alpha value is -3.38.